The van der Waals surface area contributed by atoms with E-state index in [1.807, 2.05) is 29.6 Å². The van der Waals surface area contributed by atoms with Crippen LogP contribution >= 0.6 is 11.3 Å². The van der Waals surface area contributed by atoms with Crippen LogP contribution in [0.3, 0.4) is 0 Å². The van der Waals surface area contributed by atoms with Gasteiger partial charge in [-0.2, -0.15) is 0 Å². The predicted octanol–water partition coefficient (Wildman–Crippen LogP) is 4.30. The molecule has 0 saturated carbocycles. The van der Waals surface area contributed by atoms with E-state index < -0.39 is 41.1 Å². The van der Waals surface area contributed by atoms with E-state index in [1.54, 1.807) is 0 Å². The number of fused-ring (bicyclic) bond motifs is 1. The summed E-state index contributed by atoms with van der Waals surface area (Å²) in [5.74, 6) is -6.34. The van der Waals surface area contributed by atoms with Gasteiger partial charge >= 0.3 is 5.97 Å². The molecular weight excluding hydrogens is 393 g/mol. The van der Waals surface area contributed by atoms with Gasteiger partial charge in [-0.25, -0.2) is 22.9 Å². The van der Waals surface area contributed by atoms with Crippen LogP contribution in [0.5, 0.6) is 0 Å². The zero-order valence-corrected chi connectivity index (χ0v) is 15.2. The van der Waals surface area contributed by atoms with Gasteiger partial charge in [0.25, 0.3) is 5.91 Å². The number of esters is 1. The Morgan fingerprint density at radius 1 is 1.14 bits per heavy atom. The van der Waals surface area contributed by atoms with Crippen LogP contribution in [-0.2, 0) is 14.3 Å². The maximum absolute atomic E-state index is 13.6. The van der Waals surface area contributed by atoms with Crippen LogP contribution in [0.2, 0.25) is 0 Å². The van der Waals surface area contributed by atoms with Gasteiger partial charge in [0.05, 0.1) is 15.9 Å². The van der Waals surface area contributed by atoms with Crippen LogP contribution < -0.4 is 5.32 Å². The molecule has 0 aliphatic rings. The third-order valence-electron chi connectivity index (χ3n) is 3.63. The Balaban J connectivity index is 1.60. The Kier molecular flexibility index (Phi) is 5.74. The number of rotatable bonds is 5. The van der Waals surface area contributed by atoms with Gasteiger partial charge in [0, 0.05) is 6.08 Å². The fraction of sp³-hybridized carbons (Fsp3) is 0.105. The van der Waals surface area contributed by atoms with Gasteiger partial charge in [-0.15, -0.1) is 11.3 Å². The summed E-state index contributed by atoms with van der Waals surface area (Å²) in [4.78, 5) is 28.2. The smallest absolute Gasteiger partial charge is 0.331 e. The highest BCUT2D eigenvalue weighted by Crippen LogP contribution is 2.22. The average Bonchev–Trinajstić information content (AvgIpc) is 3.09. The van der Waals surface area contributed by atoms with E-state index in [9.17, 15) is 22.8 Å². The molecule has 1 amide bonds. The summed E-state index contributed by atoms with van der Waals surface area (Å²) in [6.45, 7) is 1.26. The number of amides is 1. The second-order valence-corrected chi connectivity index (χ2v) is 6.71. The molecule has 0 aliphatic heterocycles. The van der Waals surface area contributed by atoms with Crippen LogP contribution in [-0.4, -0.2) is 23.0 Å². The molecule has 5 nitrogen and oxygen atoms in total. The number of benzene rings is 2. The lowest BCUT2D eigenvalue weighted by atomic mass is 10.2. The van der Waals surface area contributed by atoms with Gasteiger partial charge in [0.15, 0.2) is 23.6 Å². The molecule has 0 unspecified atom stereocenters. The Morgan fingerprint density at radius 2 is 1.89 bits per heavy atom. The van der Waals surface area contributed by atoms with Gasteiger partial charge in [-0.1, -0.05) is 12.1 Å². The van der Waals surface area contributed by atoms with Gasteiger partial charge in [0.1, 0.15) is 5.01 Å². The van der Waals surface area contributed by atoms with Crippen molar-refractivity contribution in [3.63, 3.8) is 0 Å². The minimum Gasteiger partial charge on any atom is -0.449 e. The minimum atomic E-state index is -1.71. The van der Waals surface area contributed by atoms with E-state index in [2.05, 4.69) is 4.98 Å². The van der Waals surface area contributed by atoms with Crippen molar-refractivity contribution in [1.29, 1.82) is 0 Å². The molecule has 0 fully saturated rings. The van der Waals surface area contributed by atoms with Crippen LogP contribution in [0, 0.1) is 17.5 Å². The molecule has 0 bridgehead atoms. The molecular formula is C19H13F3N2O3S. The Bertz CT molecular complexity index is 1050. The number of para-hydroxylation sites is 1. The molecule has 2 aromatic carbocycles. The highest BCUT2D eigenvalue weighted by atomic mass is 32.1. The second kappa shape index (κ2) is 8.22. The first kappa shape index (κ1) is 19.6. The number of nitrogens with one attached hydrogen (secondary N) is 1. The van der Waals surface area contributed by atoms with Crippen molar-refractivity contribution >= 4 is 45.2 Å². The molecule has 1 heterocycles. The first-order valence-electron chi connectivity index (χ1n) is 8.04. The number of aromatic nitrogens is 1. The molecule has 1 aromatic heterocycles. The van der Waals surface area contributed by atoms with Crippen molar-refractivity contribution in [3.8, 4) is 0 Å². The highest BCUT2D eigenvalue weighted by molar-refractivity contribution is 7.19. The van der Waals surface area contributed by atoms with Crippen molar-refractivity contribution in [2.24, 2.45) is 0 Å². The van der Waals surface area contributed by atoms with Crippen molar-refractivity contribution in [1.82, 2.24) is 4.98 Å². The number of carbonyl (C=O) groups is 2. The third kappa shape index (κ3) is 4.37. The number of anilines is 1. The average molecular weight is 406 g/mol. The number of halogens is 3. The monoisotopic (exact) mass is 406 g/mol. The van der Waals surface area contributed by atoms with Crippen LogP contribution in [0.25, 0.3) is 16.3 Å². The van der Waals surface area contributed by atoms with E-state index >= 15 is 0 Å². The summed E-state index contributed by atoms with van der Waals surface area (Å²) in [5, 5.41) is 2.63. The summed E-state index contributed by atoms with van der Waals surface area (Å²) in [6, 6.07) is 8.99. The lowest BCUT2D eigenvalue weighted by Gasteiger charge is -2.13. The molecule has 144 valence electrons. The van der Waals surface area contributed by atoms with Gasteiger partial charge in [-0.3, -0.25) is 4.79 Å². The summed E-state index contributed by atoms with van der Waals surface area (Å²) in [7, 11) is 0. The standard InChI is InChI=1S/C19H13F3N2O3S/c1-10(19(26)24-13-7-6-11(20)17(21)18(13)22)27-16(25)9-8-15-23-12-4-2-3-5-14(12)28-15/h2-10H,1H3,(H,24,26)/b9-8+/t10-/m1/s1. The highest BCUT2D eigenvalue weighted by Gasteiger charge is 2.20. The molecule has 9 heteroatoms. The summed E-state index contributed by atoms with van der Waals surface area (Å²) in [5.41, 5.74) is 0.235. The predicted molar refractivity (Wildman–Crippen MR) is 99.2 cm³/mol. The SMILES string of the molecule is C[C@@H](OC(=O)/C=C/c1nc2ccccc2s1)C(=O)Nc1ccc(F)c(F)c1F. The van der Waals surface area contributed by atoms with Crippen LogP contribution in [0.15, 0.2) is 42.5 Å². The lowest BCUT2D eigenvalue weighted by Crippen LogP contribution is -2.29. The van der Waals surface area contributed by atoms with Crippen LogP contribution in [0.1, 0.15) is 11.9 Å². The molecule has 1 atom stereocenters. The van der Waals surface area contributed by atoms with Crippen molar-refractivity contribution in [2.75, 3.05) is 5.32 Å². The fourth-order valence-electron chi connectivity index (χ4n) is 2.22. The van der Waals surface area contributed by atoms with Crippen molar-refractivity contribution in [2.45, 2.75) is 13.0 Å². The van der Waals surface area contributed by atoms with E-state index in [-0.39, 0.29) is 0 Å². The Labute approximate surface area is 161 Å². The largest absolute Gasteiger partial charge is 0.449 e. The van der Waals surface area contributed by atoms with E-state index in [1.165, 1.54) is 24.3 Å². The quantitative estimate of drug-likeness (QED) is 0.390. The molecule has 1 N–H and O–H groups in total. The molecule has 3 aromatic rings. The molecule has 28 heavy (non-hydrogen) atoms. The number of carbonyl (C=O) groups excluding carboxylic acids is 2. The fourth-order valence-corrected chi connectivity index (χ4v) is 3.09. The molecule has 0 radical (unpaired) electrons. The van der Waals surface area contributed by atoms with E-state index in [4.69, 9.17) is 4.74 Å². The molecule has 0 spiro atoms. The number of hydrogen-bond acceptors (Lipinski definition) is 5. The lowest BCUT2D eigenvalue weighted by molar-refractivity contribution is -0.148. The number of hydrogen-bond donors (Lipinski definition) is 1. The summed E-state index contributed by atoms with van der Waals surface area (Å²) in [6.07, 6.45) is 1.27. The first-order valence-corrected chi connectivity index (χ1v) is 8.85. The third-order valence-corrected chi connectivity index (χ3v) is 4.63. The number of nitrogens with zero attached hydrogens (tertiary/aromatic N) is 1. The molecule has 0 aliphatic carbocycles. The molecule has 0 saturated heterocycles. The van der Waals surface area contributed by atoms with E-state index in [0.29, 0.717) is 11.1 Å². The van der Waals surface area contributed by atoms with Gasteiger partial charge in [-0.05, 0) is 37.3 Å². The van der Waals surface area contributed by atoms with Crippen molar-refractivity contribution in [3.05, 3.63) is 64.9 Å². The number of ether oxygens (including phenoxy) is 1. The Hall–Kier alpha value is -3.20. The van der Waals surface area contributed by atoms with Gasteiger partial charge in [0.2, 0.25) is 0 Å². The second-order valence-electron chi connectivity index (χ2n) is 5.64. The minimum absolute atomic E-state index is 0.559. The summed E-state index contributed by atoms with van der Waals surface area (Å²) >= 11 is 1.38. The Morgan fingerprint density at radius 3 is 2.64 bits per heavy atom. The zero-order chi connectivity index (χ0) is 20.3. The molecule has 3 rings (SSSR count). The number of thiazole rings is 1. The zero-order valence-electron chi connectivity index (χ0n) is 14.4. The first-order chi connectivity index (χ1) is 13.3. The van der Waals surface area contributed by atoms with Gasteiger partial charge < -0.3 is 10.1 Å². The maximum Gasteiger partial charge on any atom is 0.331 e. The maximum atomic E-state index is 13.6. The van der Waals surface area contributed by atoms with Crippen LogP contribution in [0.4, 0.5) is 18.9 Å². The van der Waals surface area contributed by atoms with Crippen molar-refractivity contribution < 1.29 is 27.5 Å². The summed E-state index contributed by atoms with van der Waals surface area (Å²) < 4.78 is 45.6. The topological polar surface area (TPSA) is 68.3 Å². The van der Waals surface area contributed by atoms with E-state index in [0.717, 1.165) is 22.4 Å². The normalized spacial score (nSPS) is 12.3.